The average Bonchev–Trinajstić information content (AvgIpc) is 2.48. The van der Waals surface area contributed by atoms with Crippen LogP contribution in [0.2, 0.25) is 5.02 Å². The van der Waals surface area contributed by atoms with Crippen molar-refractivity contribution in [1.29, 1.82) is 0 Å². The van der Waals surface area contributed by atoms with Crippen molar-refractivity contribution >= 4 is 23.3 Å². The maximum Gasteiger partial charge on any atom is 0.239 e. The number of amides is 1. The van der Waals surface area contributed by atoms with E-state index >= 15 is 0 Å². The molecule has 1 aromatic heterocycles. The monoisotopic (exact) mass is 313 g/mol. The Morgan fingerprint density at radius 2 is 2.43 bits per heavy atom. The molecule has 21 heavy (non-hydrogen) atoms. The number of pyridine rings is 1. The molecule has 6 nitrogen and oxygen atoms in total. The second-order valence-electron chi connectivity index (χ2n) is 5.00. The Morgan fingerprint density at radius 1 is 1.57 bits per heavy atom. The molecule has 1 aliphatic rings. The first-order valence-corrected chi connectivity index (χ1v) is 7.41. The summed E-state index contributed by atoms with van der Waals surface area (Å²) < 4.78 is 5.52. The van der Waals surface area contributed by atoms with Crippen LogP contribution in [0.15, 0.2) is 18.3 Å². The molecule has 116 valence electrons. The minimum absolute atomic E-state index is 0.0270. The number of nitrogens with zero attached hydrogens (tertiary/aromatic N) is 2. The van der Waals surface area contributed by atoms with Gasteiger partial charge in [0.2, 0.25) is 5.91 Å². The number of ether oxygens (including phenoxy) is 1. The molecule has 1 aromatic rings. The summed E-state index contributed by atoms with van der Waals surface area (Å²) in [5, 5.41) is 12.1. The van der Waals surface area contributed by atoms with Crippen molar-refractivity contribution in [3.8, 4) is 0 Å². The summed E-state index contributed by atoms with van der Waals surface area (Å²) in [4.78, 5) is 18.1. The fourth-order valence-corrected chi connectivity index (χ4v) is 2.46. The zero-order valence-electron chi connectivity index (χ0n) is 11.8. The molecule has 1 atom stereocenters. The van der Waals surface area contributed by atoms with Gasteiger partial charge in [-0.1, -0.05) is 11.6 Å². The van der Waals surface area contributed by atoms with E-state index in [0.717, 1.165) is 19.4 Å². The molecule has 7 heteroatoms. The Hall–Kier alpha value is -1.21. The number of aliphatic hydroxyl groups excluding tert-OH is 1. The zero-order chi connectivity index (χ0) is 15.1. The molecule has 1 fully saturated rings. The zero-order valence-corrected chi connectivity index (χ0v) is 12.6. The minimum atomic E-state index is -0.104. The highest BCUT2D eigenvalue weighted by molar-refractivity contribution is 6.30. The van der Waals surface area contributed by atoms with Crippen LogP contribution in [0.5, 0.6) is 0 Å². The summed E-state index contributed by atoms with van der Waals surface area (Å²) in [6.07, 6.45) is 3.54. The van der Waals surface area contributed by atoms with Gasteiger partial charge >= 0.3 is 0 Å². The molecule has 0 spiro atoms. The van der Waals surface area contributed by atoms with Gasteiger partial charge in [0.05, 0.1) is 30.9 Å². The summed E-state index contributed by atoms with van der Waals surface area (Å²) in [6, 6.07) is 3.35. The number of hydrogen-bond donors (Lipinski definition) is 2. The molecule has 0 bridgehead atoms. The molecule has 0 saturated carbocycles. The van der Waals surface area contributed by atoms with Crippen LogP contribution < -0.4 is 5.32 Å². The van der Waals surface area contributed by atoms with E-state index in [1.807, 2.05) is 0 Å². The van der Waals surface area contributed by atoms with Crippen LogP contribution in [0.25, 0.3) is 0 Å². The Kier molecular flexibility index (Phi) is 6.38. The van der Waals surface area contributed by atoms with Crippen LogP contribution in [0, 0.1) is 0 Å². The van der Waals surface area contributed by atoms with Crippen LogP contribution in [0.1, 0.15) is 12.8 Å². The van der Waals surface area contributed by atoms with Crippen LogP contribution in [0.4, 0.5) is 5.82 Å². The molecule has 1 unspecified atom stereocenters. The van der Waals surface area contributed by atoms with Gasteiger partial charge in [-0.3, -0.25) is 9.69 Å². The average molecular weight is 314 g/mol. The number of likely N-dealkylation sites (tertiary alicyclic amines) is 1. The number of carbonyl (C=O) groups excluding carboxylic acids is 1. The van der Waals surface area contributed by atoms with Crippen molar-refractivity contribution < 1.29 is 14.6 Å². The first-order valence-electron chi connectivity index (χ1n) is 7.03. The first-order chi connectivity index (χ1) is 10.2. The molecular formula is C14H20ClN3O3. The number of nitrogens with one attached hydrogen (secondary N) is 1. The SMILES string of the molecule is O=C(CN1CCCC(OCCO)C1)Nc1ccc(Cl)cn1. The van der Waals surface area contributed by atoms with Crippen LogP contribution >= 0.6 is 11.6 Å². The molecule has 0 aliphatic carbocycles. The van der Waals surface area contributed by atoms with Gasteiger partial charge in [-0.25, -0.2) is 4.98 Å². The summed E-state index contributed by atoms with van der Waals surface area (Å²) in [6.45, 7) is 2.27. The molecule has 2 N–H and O–H groups in total. The van der Waals surface area contributed by atoms with E-state index in [2.05, 4.69) is 15.2 Å². The molecule has 0 aromatic carbocycles. The van der Waals surface area contributed by atoms with Crippen molar-refractivity contribution in [2.24, 2.45) is 0 Å². The number of halogens is 1. The fourth-order valence-electron chi connectivity index (χ4n) is 2.35. The van der Waals surface area contributed by atoms with Gasteiger partial charge < -0.3 is 15.2 Å². The lowest BCUT2D eigenvalue weighted by molar-refractivity contribution is -0.118. The largest absolute Gasteiger partial charge is 0.394 e. The van der Waals surface area contributed by atoms with Crippen molar-refractivity contribution in [2.75, 3.05) is 38.2 Å². The Bertz CT molecular complexity index is 455. The van der Waals surface area contributed by atoms with E-state index < -0.39 is 0 Å². The topological polar surface area (TPSA) is 74.7 Å². The molecule has 1 aliphatic heterocycles. The Labute approximate surface area is 129 Å². The van der Waals surface area contributed by atoms with Gasteiger partial charge in [0.1, 0.15) is 5.82 Å². The normalized spacial score (nSPS) is 19.4. The first kappa shape index (κ1) is 16.2. The number of aliphatic hydroxyl groups is 1. The maximum absolute atomic E-state index is 12.0. The number of rotatable bonds is 6. The third-order valence-electron chi connectivity index (χ3n) is 3.27. The molecule has 1 saturated heterocycles. The van der Waals surface area contributed by atoms with Crippen LogP contribution in [-0.4, -0.2) is 59.8 Å². The minimum Gasteiger partial charge on any atom is -0.394 e. The summed E-state index contributed by atoms with van der Waals surface area (Å²) in [5.74, 6) is 0.391. The van der Waals surface area contributed by atoms with Crippen molar-refractivity contribution in [1.82, 2.24) is 9.88 Å². The van der Waals surface area contributed by atoms with E-state index in [0.29, 0.717) is 30.5 Å². The number of aromatic nitrogens is 1. The number of piperidine rings is 1. The highest BCUT2D eigenvalue weighted by Crippen LogP contribution is 2.13. The van der Waals surface area contributed by atoms with E-state index in [1.54, 1.807) is 12.1 Å². The number of carbonyl (C=O) groups is 1. The van der Waals surface area contributed by atoms with Gasteiger partial charge in [-0.2, -0.15) is 0 Å². The summed E-state index contributed by atoms with van der Waals surface area (Å²) >= 11 is 5.75. The molecule has 2 rings (SSSR count). The lowest BCUT2D eigenvalue weighted by Crippen LogP contribution is -2.43. The lowest BCUT2D eigenvalue weighted by Gasteiger charge is -2.31. The summed E-state index contributed by atoms with van der Waals surface area (Å²) in [7, 11) is 0. The van der Waals surface area contributed by atoms with Gasteiger partial charge in [-0.05, 0) is 31.5 Å². The Morgan fingerprint density at radius 3 is 3.14 bits per heavy atom. The van der Waals surface area contributed by atoms with Crippen molar-refractivity contribution in [2.45, 2.75) is 18.9 Å². The number of anilines is 1. The maximum atomic E-state index is 12.0. The van der Waals surface area contributed by atoms with Crippen LogP contribution in [-0.2, 0) is 9.53 Å². The van der Waals surface area contributed by atoms with Crippen LogP contribution in [0.3, 0.4) is 0 Å². The Balaban J connectivity index is 1.77. The van der Waals surface area contributed by atoms with Crippen molar-refractivity contribution in [3.05, 3.63) is 23.4 Å². The van der Waals surface area contributed by atoms with Gasteiger partial charge in [0.25, 0.3) is 0 Å². The molecule has 1 amide bonds. The second kappa shape index (κ2) is 8.29. The third kappa shape index (κ3) is 5.59. The molecule has 0 radical (unpaired) electrons. The highest BCUT2D eigenvalue weighted by atomic mass is 35.5. The van der Waals surface area contributed by atoms with E-state index in [9.17, 15) is 4.79 Å². The van der Waals surface area contributed by atoms with Gasteiger partial charge in [0, 0.05) is 12.7 Å². The van der Waals surface area contributed by atoms with Crippen molar-refractivity contribution in [3.63, 3.8) is 0 Å². The lowest BCUT2D eigenvalue weighted by atomic mass is 10.1. The van der Waals surface area contributed by atoms with E-state index in [-0.39, 0.29) is 18.6 Å². The summed E-state index contributed by atoms with van der Waals surface area (Å²) in [5.41, 5.74) is 0. The smallest absolute Gasteiger partial charge is 0.239 e. The highest BCUT2D eigenvalue weighted by Gasteiger charge is 2.22. The van der Waals surface area contributed by atoms with E-state index in [1.165, 1.54) is 6.20 Å². The quantitative estimate of drug-likeness (QED) is 0.824. The third-order valence-corrected chi connectivity index (χ3v) is 3.49. The predicted molar refractivity (Wildman–Crippen MR) is 80.4 cm³/mol. The molecular weight excluding hydrogens is 294 g/mol. The van der Waals surface area contributed by atoms with E-state index in [4.69, 9.17) is 21.4 Å². The fraction of sp³-hybridized carbons (Fsp3) is 0.571. The van der Waals surface area contributed by atoms with Gasteiger partial charge in [0.15, 0.2) is 0 Å². The standard InChI is InChI=1S/C14H20ClN3O3/c15-11-3-4-13(16-8-11)17-14(20)10-18-5-1-2-12(9-18)21-7-6-19/h3-4,8,12,19H,1-2,5-7,9-10H2,(H,16,17,20). The second-order valence-corrected chi connectivity index (χ2v) is 5.44. The number of hydrogen-bond acceptors (Lipinski definition) is 5. The predicted octanol–water partition coefficient (Wildman–Crippen LogP) is 1.15. The van der Waals surface area contributed by atoms with Gasteiger partial charge in [-0.15, -0.1) is 0 Å². The molecule has 2 heterocycles.